The van der Waals surface area contributed by atoms with E-state index in [1.807, 2.05) is 18.2 Å². The molecule has 0 aromatic heterocycles. The van der Waals surface area contributed by atoms with Crippen molar-refractivity contribution >= 4 is 21.8 Å². The lowest BCUT2D eigenvalue weighted by atomic mass is 10.1. The lowest BCUT2D eigenvalue weighted by Crippen LogP contribution is -2.25. The van der Waals surface area contributed by atoms with Crippen molar-refractivity contribution in [2.75, 3.05) is 12.4 Å². The minimum atomic E-state index is 0.151. The predicted molar refractivity (Wildman–Crippen MR) is 75.3 cm³/mol. The SMILES string of the molecule is CN(Cc1cccc(C#N)c1)C(=O)CCCCBr. The summed E-state index contributed by atoms with van der Waals surface area (Å²) in [6.07, 6.45) is 2.51. The number of rotatable bonds is 6. The molecule has 1 aromatic carbocycles. The van der Waals surface area contributed by atoms with Gasteiger partial charge in [0.15, 0.2) is 0 Å². The van der Waals surface area contributed by atoms with Gasteiger partial charge in [0.1, 0.15) is 0 Å². The number of benzene rings is 1. The normalized spacial score (nSPS) is 9.83. The van der Waals surface area contributed by atoms with Crippen LogP contribution in [-0.4, -0.2) is 23.2 Å². The number of carbonyl (C=O) groups excluding carboxylic acids is 1. The van der Waals surface area contributed by atoms with Gasteiger partial charge >= 0.3 is 0 Å². The molecule has 0 spiro atoms. The lowest BCUT2D eigenvalue weighted by Gasteiger charge is -2.17. The van der Waals surface area contributed by atoms with Gasteiger partial charge in [0.05, 0.1) is 11.6 Å². The van der Waals surface area contributed by atoms with E-state index < -0.39 is 0 Å². The fourth-order valence-electron chi connectivity index (χ4n) is 1.66. The van der Waals surface area contributed by atoms with E-state index >= 15 is 0 Å². The van der Waals surface area contributed by atoms with E-state index in [2.05, 4.69) is 22.0 Å². The number of amides is 1. The van der Waals surface area contributed by atoms with Crippen LogP contribution >= 0.6 is 15.9 Å². The Morgan fingerprint density at radius 2 is 2.22 bits per heavy atom. The van der Waals surface area contributed by atoms with Gasteiger partial charge in [0, 0.05) is 25.3 Å². The van der Waals surface area contributed by atoms with Crippen LogP contribution in [0.25, 0.3) is 0 Å². The maximum absolute atomic E-state index is 11.8. The maximum Gasteiger partial charge on any atom is 0.222 e. The second-order valence-corrected chi connectivity index (χ2v) is 5.00. The molecular weight excluding hydrogens is 292 g/mol. The van der Waals surface area contributed by atoms with Gasteiger partial charge in [0.2, 0.25) is 5.91 Å². The number of carbonyl (C=O) groups is 1. The molecule has 0 atom stereocenters. The molecule has 18 heavy (non-hydrogen) atoms. The van der Waals surface area contributed by atoms with Crippen LogP contribution in [0.2, 0.25) is 0 Å². The highest BCUT2D eigenvalue weighted by molar-refractivity contribution is 9.09. The van der Waals surface area contributed by atoms with Crippen molar-refractivity contribution in [2.24, 2.45) is 0 Å². The quantitative estimate of drug-likeness (QED) is 0.599. The van der Waals surface area contributed by atoms with Gasteiger partial charge in [-0.2, -0.15) is 5.26 Å². The second-order valence-electron chi connectivity index (χ2n) is 4.21. The zero-order valence-electron chi connectivity index (χ0n) is 10.5. The summed E-state index contributed by atoms with van der Waals surface area (Å²) in [7, 11) is 1.80. The van der Waals surface area contributed by atoms with Crippen LogP contribution in [-0.2, 0) is 11.3 Å². The number of nitrogens with zero attached hydrogens (tertiary/aromatic N) is 2. The molecule has 0 saturated carbocycles. The van der Waals surface area contributed by atoms with Crippen molar-refractivity contribution in [1.29, 1.82) is 5.26 Å². The van der Waals surface area contributed by atoms with Gasteiger partial charge < -0.3 is 4.90 Å². The number of alkyl halides is 1. The van der Waals surface area contributed by atoms with Gasteiger partial charge in [-0.25, -0.2) is 0 Å². The third-order valence-corrected chi connectivity index (χ3v) is 3.24. The first kappa shape index (κ1) is 14.7. The minimum absolute atomic E-state index is 0.151. The predicted octanol–water partition coefficient (Wildman–Crippen LogP) is 3.08. The Bertz CT molecular complexity index is 440. The van der Waals surface area contributed by atoms with Gasteiger partial charge in [-0.15, -0.1) is 0 Å². The summed E-state index contributed by atoms with van der Waals surface area (Å²) in [6, 6.07) is 9.47. The fraction of sp³-hybridized carbons (Fsp3) is 0.429. The fourth-order valence-corrected chi connectivity index (χ4v) is 2.06. The van der Waals surface area contributed by atoms with E-state index in [4.69, 9.17) is 5.26 Å². The summed E-state index contributed by atoms with van der Waals surface area (Å²) in [5.74, 6) is 0.151. The second kappa shape index (κ2) is 7.88. The number of nitriles is 1. The molecular formula is C14H17BrN2O. The highest BCUT2D eigenvalue weighted by atomic mass is 79.9. The highest BCUT2D eigenvalue weighted by Crippen LogP contribution is 2.09. The molecule has 1 aromatic rings. The Morgan fingerprint density at radius 3 is 2.89 bits per heavy atom. The zero-order valence-corrected chi connectivity index (χ0v) is 12.1. The molecule has 0 aliphatic heterocycles. The summed E-state index contributed by atoms with van der Waals surface area (Å²) in [6.45, 7) is 0.558. The first-order valence-corrected chi connectivity index (χ1v) is 7.08. The number of halogens is 1. The van der Waals surface area contributed by atoms with E-state index in [-0.39, 0.29) is 5.91 Å². The molecule has 0 fully saturated rings. The molecule has 0 aliphatic carbocycles. The van der Waals surface area contributed by atoms with Gasteiger partial charge in [-0.05, 0) is 30.5 Å². The largest absolute Gasteiger partial charge is 0.341 e. The van der Waals surface area contributed by atoms with Crippen molar-refractivity contribution in [1.82, 2.24) is 4.90 Å². The Balaban J connectivity index is 2.50. The third kappa shape index (κ3) is 4.89. The lowest BCUT2D eigenvalue weighted by molar-refractivity contribution is -0.130. The topological polar surface area (TPSA) is 44.1 Å². The molecule has 3 nitrogen and oxygen atoms in total. The summed E-state index contributed by atoms with van der Waals surface area (Å²) in [5.41, 5.74) is 1.62. The van der Waals surface area contributed by atoms with E-state index in [9.17, 15) is 4.79 Å². The molecule has 0 unspecified atom stereocenters. The molecule has 0 aliphatic rings. The summed E-state index contributed by atoms with van der Waals surface area (Å²) in [4.78, 5) is 13.5. The van der Waals surface area contributed by atoms with Gasteiger partial charge in [-0.1, -0.05) is 28.1 Å². The molecule has 0 saturated heterocycles. The zero-order chi connectivity index (χ0) is 13.4. The summed E-state index contributed by atoms with van der Waals surface area (Å²) >= 11 is 3.35. The van der Waals surface area contributed by atoms with Crippen molar-refractivity contribution in [3.63, 3.8) is 0 Å². The maximum atomic E-state index is 11.8. The monoisotopic (exact) mass is 308 g/mol. The molecule has 0 bridgehead atoms. The molecule has 96 valence electrons. The van der Waals surface area contributed by atoms with Crippen molar-refractivity contribution in [2.45, 2.75) is 25.8 Å². The average Bonchev–Trinajstić information content (AvgIpc) is 2.39. The van der Waals surface area contributed by atoms with Crippen LogP contribution in [0.3, 0.4) is 0 Å². The van der Waals surface area contributed by atoms with Crippen LogP contribution in [0.4, 0.5) is 0 Å². The van der Waals surface area contributed by atoms with Crippen LogP contribution in [0, 0.1) is 11.3 Å². The highest BCUT2D eigenvalue weighted by Gasteiger charge is 2.08. The van der Waals surface area contributed by atoms with Crippen molar-refractivity contribution in [3.05, 3.63) is 35.4 Å². The number of hydrogen-bond donors (Lipinski definition) is 0. The molecule has 4 heteroatoms. The molecule has 0 N–H and O–H groups in total. The number of unbranched alkanes of at least 4 members (excludes halogenated alkanes) is 1. The van der Waals surface area contributed by atoms with Crippen LogP contribution < -0.4 is 0 Å². The molecule has 0 heterocycles. The van der Waals surface area contributed by atoms with Crippen molar-refractivity contribution < 1.29 is 4.79 Å². The number of hydrogen-bond acceptors (Lipinski definition) is 2. The summed E-state index contributed by atoms with van der Waals surface area (Å²) in [5, 5.41) is 9.75. The van der Waals surface area contributed by atoms with Gasteiger partial charge in [-0.3, -0.25) is 4.79 Å². The van der Waals surface area contributed by atoms with E-state index in [1.165, 1.54) is 0 Å². The first-order chi connectivity index (χ1) is 8.67. The van der Waals surface area contributed by atoms with E-state index in [0.29, 0.717) is 18.5 Å². The Morgan fingerprint density at radius 1 is 1.44 bits per heavy atom. The standard InChI is InChI=1S/C14H17BrN2O/c1-17(14(18)7-2-3-8-15)11-13-6-4-5-12(9-13)10-16/h4-6,9H,2-3,7-8,11H2,1H3. The molecule has 0 radical (unpaired) electrons. The van der Waals surface area contributed by atoms with Crippen LogP contribution in [0.5, 0.6) is 0 Å². The first-order valence-electron chi connectivity index (χ1n) is 5.96. The molecule has 1 rings (SSSR count). The van der Waals surface area contributed by atoms with E-state index in [1.54, 1.807) is 18.0 Å². The molecule has 1 amide bonds. The smallest absolute Gasteiger partial charge is 0.222 e. The van der Waals surface area contributed by atoms with Crippen LogP contribution in [0.1, 0.15) is 30.4 Å². The minimum Gasteiger partial charge on any atom is -0.341 e. The Labute approximate surface area is 117 Å². The Hall–Kier alpha value is -1.34. The van der Waals surface area contributed by atoms with E-state index in [0.717, 1.165) is 23.7 Å². The van der Waals surface area contributed by atoms with Crippen LogP contribution in [0.15, 0.2) is 24.3 Å². The Kier molecular flexibility index (Phi) is 6.45. The average molecular weight is 309 g/mol. The third-order valence-electron chi connectivity index (χ3n) is 2.68. The summed E-state index contributed by atoms with van der Waals surface area (Å²) < 4.78 is 0. The van der Waals surface area contributed by atoms with Gasteiger partial charge in [0.25, 0.3) is 0 Å². The van der Waals surface area contributed by atoms with Crippen molar-refractivity contribution in [3.8, 4) is 6.07 Å².